The smallest absolute Gasteiger partial charge is 0.313 e. The molecule has 0 bridgehead atoms. The lowest BCUT2D eigenvalue weighted by molar-refractivity contribution is -0.182. The van der Waals surface area contributed by atoms with Crippen molar-refractivity contribution in [1.82, 2.24) is 5.32 Å². The van der Waals surface area contributed by atoms with Gasteiger partial charge in [0, 0.05) is 12.6 Å². The van der Waals surface area contributed by atoms with Crippen molar-refractivity contribution in [2.24, 2.45) is 17.3 Å². The van der Waals surface area contributed by atoms with E-state index in [-0.39, 0.29) is 0 Å². The molecule has 1 nitrogen and oxygen atoms in total. The third kappa shape index (κ3) is 3.19. The van der Waals surface area contributed by atoms with Gasteiger partial charge >= 0.3 is 6.18 Å². The summed E-state index contributed by atoms with van der Waals surface area (Å²) in [6.45, 7) is 5.48. The summed E-state index contributed by atoms with van der Waals surface area (Å²) < 4.78 is 37.6. The Morgan fingerprint density at radius 1 is 1.11 bits per heavy atom. The van der Waals surface area contributed by atoms with Crippen LogP contribution in [0.15, 0.2) is 0 Å². The van der Waals surface area contributed by atoms with E-state index >= 15 is 0 Å². The maximum Gasteiger partial charge on any atom is 0.391 e. The summed E-state index contributed by atoms with van der Waals surface area (Å²) in [6.07, 6.45) is 0.522. The second-order valence-electron chi connectivity index (χ2n) is 6.49. The van der Waals surface area contributed by atoms with Crippen LogP contribution in [0.4, 0.5) is 13.2 Å². The molecule has 4 heteroatoms. The molecule has 0 aromatic heterocycles. The molecule has 18 heavy (non-hydrogen) atoms. The normalized spacial score (nSPS) is 31.7. The van der Waals surface area contributed by atoms with E-state index in [0.29, 0.717) is 43.1 Å². The van der Waals surface area contributed by atoms with Crippen molar-refractivity contribution >= 4 is 0 Å². The second-order valence-corrected chi connectivity index (χ2v) is 6.49. The molecule has 0 amide bonds. The van der Waals surface area contributed by atoms with Crippen LogP contribution in [0.25, 0.3) is 0 Å². The van der Waals surface area contributed by atoms with E-state index in [0.717, 1.165) is 6.54 Å². The van der Waals surface area contributed by atoms with Crippen LogP contribution in [0.3, 0.4) is 0 Å². The van der Waals surface area contributed by atoms with E-state index < -0.39 is 12.1 Å². The zero-order chi connectivity index (χ0) is 13.4. The van der Waals surface area contributed by atoms with E-state index in [4.69, 9.17) is 0 Å². The monoisotopic (exact) mass is 263 g/mol. The molecule has 0 radical (unpaired) electrons. The van der Waals surface area contributed by atoms with Gasteiger partial charge in [-0.15, -0.1) is 0 Å². The van der Waals surface area contributed by atoms with Crippen LogP contribution in [0.5, 0.6) is 0 Å². The fourth-order valence-corrected chi connectivity index (χ4v) is 3.09. The van der Waals surface area contributed by atoms with Gasteiger partial charge in [-0.05, 0) is 49.9 Å². The Morgan fingerprint density at radius 3 is 2.06 bits per heavy atom. The zero-order valence-corrected chi connectivity index (χ0v) is 11.3. The van der Waals surface area contributed by atoms with Gasteiger partial charge in [0.2, 0.25) is 0 Å². The Morgan fingerprint density at radius 2 is 1.67 bits per heavy atom. The summed E-state index contributed by atoms with van der Waals surface area (Å²) in [5.41, 5.74) is 0.445. The van der Waals surface area contributed by atoms with Crippen LogP contribution in [0.1, 0.15) is 52.4 Å². The van der Waals surface area contributed by atoms with E-state index in [9.17, 15) is 13.2 Å². The highest BCUT2D eigenvalue weighted by atomic mass is 19.4. The van der Waals surface area contributed by atoms with Crippen molar-refractivity contribution < 1.29 is 13.2 Å². The van der Waals surface area contributed by atoms with E-state index in [1.165, 1.54) is 12.8 Å². The van der Waals surface area contributed by atoms with Crippen LogP contribution in [0.2, 0.25) is 0 Å². The van der Waals surface area contributed by atoms with Crippen LogP contribution in [0, 0.1) is 17.3 Å². The first-order valence-corrected chi connectivity index (χ1v) is 7.13. The summed E-state index contributed by atoms with van der Waals surface area (Å²) >= 11 is 0. The lowest BCUT2D eigenvalue weighted by atomic mass is 9.85. The van der Waals surface area contributed by atoms with Gasteiger partial charge in [-0.25, -0.2) is 0 Å². The Hall–Kier alpha value is -0.250. The summed E-state index contributed by atoms with van der Waals surface area (Å²) in [6, 6.07) is 0.305. The number of halogens is 3. The van der Waals surface area contributed by atoms with E-state index in [1.54, 1.807) is 0 Å². The maximum atomic E-state index is 12.5. The van der Waals surface area contributed by atoms with Gasteiger partial charge in [0.25, 0.3) is 0 Å². The summed E-state index contributed by atoms with van der Waals surface area (Å²) in [5.74, 6) is -0.382. The summed E-state index contributed by atoms with van der Waals surface area (Å²) in [7, 11) is 0. The van der Waals surface area contributed by atoms with Gasteiger partial charge in [-0.1, -0.05) is 13.8 Å². The summed E-state index contributed by atoms with van der Waals surface area (Å²) in [4.78, 5) is 0. The Kier molecular flexibility index (Phi) is 3.96. The Bertz CT molecular complexity index is 273. The van der Waals surface area contributed by atoms with Crippen molar-refractivity contribution in [3.05, 3.63) is 0 Å². The minimum absolute atomic E-state index is 0.301. The fourth-order valence-electron chi connectivity index (χ4n) is 3.09. The first-order chi connectivity index (χ1) is 8.33. The SMILES string of the molecule is CC(C)C1(CNC2CCC(C(F)(F)F)CC2)CC1. The third-order valence-corrected chi connectivity index (χ3v) is 5.05. The topological polar surface area (TPSA) is 12.0 Å². The van der Waals surface area contributed by atoms with Gasteiger partial charge in [0.1, 0.15) is 0 Å². The Balaban J connectivity index is 1.71. The zero-order valence-electron chi connectivity index (χ0n) is 11.3. The standard InChI is InChI=1S/C14H24F3N/c1-10(2)13(7-8-13)9-18-12-5-3-11(4-6-12)14(15,16)17/h10-12,18H,3-9H2,1-2H3. The molecule has 2 rings (SSSR count). The number of alkyl halides is 3. The quantitative estimate of drug-likeness (QED) is 0.804. The van der Waals surface area contributed by atoms with Crippen LogP contribution in [-0.4, -0.2) is 18.8 Å². The predicted octanol–water partition coefficient (Wildman–Crippen LogP) is 4.13. The highest BCUT2D eigenvalue weighted by molar-refractivity contribution is 4.98. The van der Waals surface area contributed by atoms with Crippen LogP contribution >= 0.6 is 0 Å². The molecular formula is C14H24F3N. The molecule has 2 aliphatic rings. The molecule has 0 heterocycles. The minimum atomic E-state index is -3.99. The van der Waals surface area contributed by atoms with Gasteiger partial charge in [-0.2, -0.15) is 13.2 Å². The highest BCUT2D eigenvalue weighted by Crippen LogP contribution is 2.51. The number of hydrogen-bond donors (Lipinski definition) is 1. The molecular weight excluding hydrogens is 239 g/mol. The Labute approximate surface area is 108 Å². The molecule has 106 valence electrons. The molecule has 1 N–H and O–H groups in total. The molecule has 0 spiro atoms. The summed E-state index contributed by atoms with van der Waals surface area (Å²) in [5, 5.41) is 3.51. The molecule has 0 aromatic carbocycles. The van der Waals surface area contributed by atoms with Gasteiger partial charge in [-0.3, -0.25) is 0 Å². The lowest BCUT2D eigenvalue weighted by Gasteiger charge is -2.32. The molecule has 0 aromatic rings. The molecule has 0 unspecified atom stereocenters. The van der Waals surface area contributed by atoms with Gasteiger partial charge < -0.3 is 5.32 Å². The van der Waals surface area contributed by atoms with Gasteiger partial charge in [0.15, 0.2) is 0 Å². The second kappa shape index (κ2) is 5.03. The minimum Gasteiger partial charge on any atom is -0.313 e. The first kappa shape index (κ1) is 14.2. The average Bonchev–Trinajstić information content (AvgIpc) is 3.07. The molecule has 0 atom stereocenters. The largest absolute Gasteiger partial charge is 0.391 e. The maximum absolute atomic E-state index is 12.5. The van der Waals surface area contributed by atoms with Crippen molar-refractivity contribution in [3.8, 4) is 0 Å². The van der Waals surface area contributed by atoms with Crippen LogP contribution < -0.4 is 5.32 Å². The van der Waals surface area contributed by atoms with Gasteiger partial charge in [0.05, 0.1) is 5.92 Å². The molecule has 0 aliphatic heterocycles. The fraction of sp³-hybridized carbons (Fsp3) is 1.00. The van der Waals surface area contributed by atoms with E-state index in [1.807, 2.05) is 0 Å². The lowest BCUT2D eigenvalue weighted by Crippen LogP contribution is -2.40. The molecule has 2 fully saturated rings. The number of rotatable bonds is 4. The number of hydrogen-bond acceptors (Lipinski definition) is 1. The third-order valence-electron chi connectivity index (χ3n) is 5.05. The molecule has 0 saturated heterocycles. The van der Waals surface area contributed by atoms with Crippen LogP contribution in [-0.2, 0) is 0 Å². The average molecular weight is 263 g/mol. The van der Waals surface area contributed by atoms with Crippen molar-refractivity contribution in [3.63, 3.8) is 0 Å². The highest BCUT2D eigenvalue weighted by Gasteiger charge is 2.46. The van der Waals surface area contributed by atoms with Crippen molar-refractivity contribution in [2.45, 2.75) is 64.6 Å². The number of nitrogens with one attached hydrogen (secondary N) is 1. The van der Waals surface area contributed by atoms with E-state index in [2.05, 4.69) is 19.2 Å². The molecule has 2 saturated carbocycles. The van der Waals surface area contributed by atoms with Crippen molar-refractivity contribution in [2.75, 3.05) is 6.54 Å². The van der Waals surface area contributed by atoms with Crippen molar-refractivity contribution in [1.29, 1.82) is 0 Å². The molecule has 2 aliphatic carbocycles. The first-order valence-electron chi connectivity index (χ1n) is 7.13. The predicted molar refractivity (Wildman–Crippen MR) is 66.3 cm³/mol.